The van der Waals surface area contributed by atoms with Gasteiger partial charge in [0.15, 0.2) is 0 Å². The Bertz CT molecular complexity index is 818. The van der Waals surface area contributed by atoms with Gasteiger partial charge in [-0.3, -0.25) is 4.79 Å². The Hall–Kier alpha value is -2.41. The summed E-state index contributed by atoms with van der Waals surface area (Å²) in [6.07, 6.45) is -4.39. The van der Waals surface area contributed by atoms with Gasteiger partial charge in [0.2, 0.25) is 0 Å². The van der Waals surface area contributed by atoms with Gasteiger partial charge in [-0.1, -0.05) is 17.7 Å². The largest absolute Gasteiger partial charge is 0.507 e. The minimum Gasteiger partial charge on any atom is -0.507 e. The standard InChI is InChI=1S/C18H16ClF3N2O2/c19-13-4-5-16(25)15(11-13)17(26)24-8-6-23(7-9-24)14-3-1-2-12(10-14)18(20,21)22/h1-5,10-11,25H,6-9H2. The Labute approximate surface area is 153 Å². The first-order valence-electron chi connectivity index (χ1n) is 7.96. The van der Waals surface area contributed by atoms with Gasteiger partial charge in [0.1, 0.15) is 5.75 Å². The van der Waals surface area contributed by atoms with E-state index in [0.29, 0.717) is 36.9 Å². The lowest BCUT2D eigenvalue weighted by Crippen LogP contribution is -2.48. The Balaban J connectivity index is 1.70. The van der Waals surface area contributed by atoms with E-state index in [4.69, 9.17) is 11.6 Å². The quantitative estimate of drug-likeness (QED) is 0.850. The second-order valence-electron chi connectivity index (χ2n) is 5.99. The number of hydrogen-bond acceptors (Lipinski definition) is 3. The molecule has 138 valence electrons. The minimum absolute atomic E-state index is 0.116. The maximum atomic E-state index is 12.9. The lowest BCUT2D eigenvalue weighted by Gasteiger charge is -2.36. The zero-order chi connectivity index (χ0) is 18.9. The van der Waals surface area contributed by atoms with Crippen LogP contribution in [0, 0.1) is 0 Å². The molecule has 1 aliphatic rings. The number of halogens is 4. The van der Waals surface area contributed by atoms with E-state index in [-0.39, 0.29) is 17.2 Å². The number of anilines is 1. The number of carbonyl (C=O) groups excluding carboxylic acids is 1. The third kappa shape index (κ3) is 3.88. The summed E-state index contributed by atoms with van der Waals surface area (Å²) in [5, 5.41) is 10.2. The second-order valence-corrected chi connectivity index (χ2v) is 6.43. The lowest BCUT2D eigenvalue weighted by atomic mass is 10.1. The topological polar surface area (TPSA) is 43.8 Å². The van der Waals surface area contributed by atoms with E-state index in [2.05, 4.69) is 0 Å². The van der Waals surface area contributed by atoms with Gasteiger partial charge in [-0.2, -0.15) is 13.2 Å². The number of aromatic hydroxyl groups is 1. The molecular formula is C18H16ClF3N2O2. The minimum atomic E-state index is -4.39. The molecule has 3 rings (SSSR count). The first-order chi connectivity index (χ1) is 12.3. The van der Waals surface area contributed by atoms with Gasteiger partial charge >= 0.3 is 6.18 Å². The van der Waals surface area contributed by atoms with Crippen molar-refractivity contribution in [3.05, 3.63) is 58.6 Å². The van der Waals surface area contributed by atoms with Gasteiger partial charge in [0.05, 0.1) is 11.1 Å². The number of nitrogens with zero attached hydrogens (tertiary/aromatic N) is 2. The second kappa shape index (κ2) is 7.07. The molecule has 2 aromatic carbocycles. The highest BCUT2D eigenvalue weighted by Gasteiger charge is 2.31. The fourth-order valence-corrected chi connectivity index (χ4v) is 3.07. The lowest BCUT2D eigenvalue weighted by molar-refractivity contribution is -0.137. The van der Waals surface area contributed by atoms with Crippen LogP contribution in [-0.4, -0.2) is 42.1 Å². The van der Waals surface area contributed by atoms with Gasteiger partial charge in [-0.05, 0) is 36.4 Å². The molecule has 2 aromatic rings. The highest BCUT2D eigenvalue weighted by molar-refractivity contribution is 6.31. The normalized spacial score (nSPS) is 15.2. The average molecular weight is 385 g/mol. The van der Waals surface area contributed by atoms with E-state index in [0.717, 1.165) is 12.1 Å². The number of amides is 1. The number of benzene rings is 2. The Kier molecular flexibility index (Phi) is 5.00. The summed E-state index contributed by atoms with van der Waals surface area (Å²) in [6, 6.07) is 9.38. The van der Waals surface area contributed by atoms with Crippen molar-refractivity contribution in [3.8, 4) is 5.75 Å². The Morgan fingerprint density at radius 1 is 1.04 bits per heavy atom. The summed E-state index contributed by atoms with van der Waals surface area (Å²) in [5.74, 6) is -0.506. The number of rotatable bonds is 2. The highest BCUT2D eigenvalue weighted by Crippen LogP contribution is 2.32. The molecule has 0 bridgehead atoms. The van der Waals surface area contributed by atoms with Crippen LogP contribution in [0.2, 0.25) is 5.02 Å². The van der Waals surface area contributed by atoms with Crippen LogP contribution in [0.4, 0.5) is 18.9 Å². The summed E-state index contributed by atoms with van der Waals surface area (Å²) in [4.78, 5) is 15.9. The summed E-state index contributed by atoms with van der Waals surface area (Å²) in [5.41, 5.74) is -0.111. The molecule has 1 fully saturated rings. The summed E-state index contributed by atoms with van der Waals surface area (Å²) < 4.78 is 38.6. The van der Waals surface area contributed by atoms with Crippen molar-refractivity contribution in [2.45, 2.75) is 6.18 Å². The summed E-state index contributed by atoms with van der Waals surface area (Å²) in [6.45, 7) is 1.46. The van der Waals surface area contributed by atoms with Crippen molar-refractivity contribution < 1.29 is 23.1 Å². The van der Waals surface area contributed by atoms with Gasteiger partial charge in [0, 0.05) is 36.9 Å². The molecule has 4 nitrogen and oxygen atoms in total. The van der Waals surface area contributed by atoms with Crippen LogP contribution in [0.15, 0.2) is 42.5 Å². The number of hydrogen-bond donors (Lipinski definition) is 1. The summed E-state index contributed by atoms with van der Waals surface area (Å²) in [7, 11) is 0. The number of carbonyl (C=O) groups is 1. The Morgan fingerprint density at radius 3 is 2.38 bits per heavy atom. The molecule has 0 atom stereocenters. The first-order valence-corrected chi connectivity index (χ1v) is 8.33. The van der Waals surface area contributed by atoms with Crippen LogP contribution in [0.3, 0.4) is 0 Å². The molecule has 1 aliphatic heterocycles. The van der Waals surface area contributed by atoms with Crippen molar-refractivity contribution in [2.24, 2.45) is 0 Å². The van der Waals surface area contributed by atoms with Gasteiger partial charge < -0.3 is 14.9 Å². The maximum absolute atomic E-state index is 12.9. The number of phenols is 1. The molecule has 1 N–H and O–H groups in total. The molecule has 1 heterocycles. The third-order valence-electron chi connectivity index (χ3n) is 4.29. The van der Waals surface area contributed by atoms with Crippen LogP contribution < -0.4 is 4.90 Å². The molecule has 0 aliphatic carbocycles. The van der Waals surface area contributed by atoms with Crippen molar-refractivity contribution in [1.29, 1.82) is 0 Å². The predicted octanol–water partition coefficient (Wildman–Crippen LogP) is 4.03. The molecule has 0 spiro atoms. The third-order valence-corrected chi connectivity index (χ3v) is 4.53. The molecule has 8 heteroatoms. The van der Waals surface area contributed by atoms with Crippen molar-refractivity contribution >= 4 is 23.2 Å². The predicted molar refractivity (Wildman–Crippen MR) is 92.7 cm³/mol. The molecule has 1 saturated heterocycles. The van der Waals surface area contributed by atoms with Crippen LogP contribution in [0.25, 0.3) is 0 Å². The van der Waals surface area contributed by atoms with Crippen LogP contribution in [0.5, 0.6) is 5.75 Å². The molecular weight excluding hydrogens is 369 g/mol. The Morgan fingerprint density at radius 2 is 1.73 bits per heavy atom. The molecule has 0 aromatic heterocycles. The van der Waals surface area contributed by atoms with Gasteiger partial charge in [-0.25, -0.2) is 0 Å². The van der Waals surface area contributed by atoms with Gasteiger partial charge in [0.25, 0.3) is 5.91 Å². The van der Waals surface area contributed by atoms with E-state index in [9.17, 15) is 23.1 Å². The number of piperazine rings is 1. The van der Waals surface area contributed by atoms with Crippen molar-refractivity contribution in [1.82, 2.24) is 4.90 Å². The van der Waals surface area contributed by atoms with Crippen LogP contribution >= 0.6 is 11.6 Å². The molecule has 0 saturated carbocycles. The smallest absolute Gasteiger partial charge is 0.416 e. The SMILES string of the molecule is O=C(c1cc(Cl)ccc1O)N1CCN(c2cccc(C(F)(F)F)c2)CC1. The highest BCUT2D eigenvalue weighted by atomic mass is 35.5. The molecule has 1 amide bonds. The number of phenolic OH excluding ortho intramolecular Hbond substituents is 1. The number of alkyl halides is 3. The van der Waals surface area contributed by atoms with Crippen molar-refractivity contribution in [2.75, 3.05) is 31.1 Å². The maximum Gasteiger partial charge on any atom is 0.416 e. The van der Waals surface area contributed by atoms with E-state index in [1.165, 1.54) is 24.3 Å². The average Bonchev–Trinajstić information content (AvgIpc) is 2.63. The van der Waals surface area contributed by atoms with Crippen molar-refractivity contribution in [3.63, 3.8) is 0 Å². The van der Waals surface area contributed by atoms with E-state index < -0.39 is 11.7 Å². The van der Waals surface area contributed by atoms with Crippen LogP contribution in [0.1, 0.15) is 15.9 Å². The zero-order valence-electron chi connectivity index (χ0n) is 13.6. The molecule has 0 unspecified atom stereocenters. The van der Waals surface area contributed by atoms with E-state index in [1.807, 2.05) is 0 Å². The fourth-order valence-electron chi connectivity index (χ4n) is 2.90. The molecule has 0 radical (unpaired) electrons. The van der Waals surface area contributed by atoms with Gasteiger partial charge in [-0.15, -0.1) is 0 Å². The monoisotopic (exact) mass is 384 g/mol. The van der Waals surface area contributed by atoms with Crippen LogP contribution in [-0.2, 0) is 6.18 Å². The molecule has 26 heavy (non-hydrogen) atoms. The van der Waals surface area contributed by atoms with E-state index >= 15 is 0 Å². The first kappa shape index (κ1) is 18.4. The zero-order valence-corrected chi connectivity index (χ0v) is 14.4. The van der Waals surface area contributed by atoms with E-state index in [1.54, 1.807) is 15.9 Å². The fraction of sp³-hybridized carbons (Fsp3) is 0.278. The summed E-state index contributed by atoms with van der Waals surface area (Å²) >= 11 is 5.87.